The van der Waals surface area contributed by atoms with Crippen LogP contribution in [0.15, 0.2) is 200 Å². The van der Waals surface area contributed by atoms with Gasteiger partial charge in [-0.3, -0.25) is 4.57 Å². The van der Waals surface area contributed by atoms with E-state index in [0.717, 1.165) is 55.4 Å². The zero-order valence-corrected chi connectivity index (χ0v) is 33.4. The summed E-state index contributed by atoms with van der Waals surface area (Å²) in [4.78, 5) is 11.4. The molecule has 2 aromatic heterocycles. The molecule has 0 amide bonds. The molecule has 0 aliphatic heterocycles. The molecule has 2 heterocycles. The Morgan fingerprint density at radius 1 is 0.383 bits per heavy atom. The van der Waals surface area contributed by atoms with Gasteiger partial charge in [-0.15, -0.1) is 0 Å². The normalized spacial score (nSPS) is 13.0. The topological polar surface area (TPSA) is 30.7 Å². The van der Waals surface area contributed by atoms with Crippen LogP contribution in [0, 0.1) is 0 Å². The first-order valence-electron chi connectivity index (χ1n) is 20.7. The molecule has 0 unspecified atom stereocenters. The summed E-state index contributed by atoms with van der Waals surface area (Å²) in [6.45, 7) is 4.69. The van der Waals surface area contributed by atoms with E-state index in [1.165, 1.54) is 54.9 Å². The first kappa shape index (κ1) is 34.4. The van der Waals surface area contributed by atoms with Crippen molar-refractivity contribution in [3.63, 3.8) is 0 Å². The molecule has 0 bridgehead atoms. The van der Waals surface area contributed by atoms with Crippen molar-refractivity contribution in [2.75, 3.05) is 0 Å². The molecule has 1 aliphatic carbocycles. The summed E-state index contributed by atoms with van der Waals surface area (Å²) in [7, 11) is 0. The molecule has 0 saturated carbocycles. The van der Waals surface area contributed by atoms with Crippen molar-refractivity contribution < 1.29 is 0 Å². The second kappa shape index (κ2) is 13.2. The van der Waals surface area contributed by atoms with Gasteiger partial charge >= 0.3 is 0 Å². The lowest BCUT2D eigenvalue weighted by Crippen LogP contribution is -2.14. The van der Waals surface area contributed by atoms with Gasteiger partial charge in [0.15, 0.2) is 0 Å². The van der Waals surface area contributed by atoms with E-state index in [1.54, 1.807) is 0 Å². The molecule has 0 atom stereocenters. The quantitative estimate of drug-likeness (QED) is 0.175. The molecule has 3 heteroatoms. The highest BCUT2D eigenvalue weighted by atomic mass is 15.2. The van der Waals surface area contributed by atoms with E-state index < -0.39 is 0 Å². The largest absolute Gasteiger partial charge is 0.278 e. The van der Waals surface area contributed by atoms with E-state index in [0.29, 0.717) is 5.95 Å². The van der Waals surface area contributed by atoms with Crippen molar-refractivity contribution in [2.45, 2.75) is 19.3 Å². The molecule has 0 radical (unpaired) electrons. The monoisotopic (exact) mass is 765 g/mol. The summed E-state index contributed by atoms with van der Waals surface area (Å²) in [5.41, 5.74) is 17.0. The summed E-state index contributed by atoms with van der Waals surface area (Å²) in [5, 5.41) is 5.74. The third kappa shape index (κ3) is 5.22. The lowest BCUT2D eigenvalue weighted by molar-refractivity contribution is 0.660. The lowest BCUT2D eigenvalue weighted by Gasteiger charge is -2.22. The van der Waals surface area contributed by atoms with Crippen LogP contribution in [0.2, 0.25) is 0 Å². The van der Waals surface area contributed by atoms with Crippen LogP contribution < -0.4 is 0 Å². The fraction of sp³-hybridized carbons (Fsp3) is 0.0526. The van der Waals surface area contributed by atoms with Crippen molar-refractivity contribution in [1.29, 1.82) is 0 Å². The Morgan fingerprint density at radius 2 is 0.967 bits per heavy atom. The predicted octanol–water partition coefficient (Wildman–Crippen LogP) is 14.9. The van der Waals surface area contributed by atoms with Gasteiger partial charge in [-0.25, -0.2) is 9.97 Å². The van der Waals surface area contributed by atoms with Crippen molar-refractivity contribution in [2.24, 2.45) is 0 Å². The van der Waals surface area contributed by atoms with Crippen molar-refractivity contribution in [3.8, 4) is 61.7 Å². The van der Waals surface area contributed by atoms with Crippen LogP contribution in [0.5, 0.6) is 0 Å². The van der Waals surface area contributed by atoms with E-state index in [4.69, 9.17) is 9.97 Å². The number of fused-ring (bicyclic) bond motifs is 8. The second-order valence-electron chi connectivity index (χ2n) is 16.6. The molecule has 60 heavy (non-hydrogen) atoms. The molecule has 3 nitrogen and oxygen atoms in total. The van der Waals surface area contributed by atoms with E-state index in [1.807, 2.05) is 0 Å². The zero-order valence-electron chi connectivity index (χ0n) is 33.4. The number of rotatable bonds is 5. The molecule has 0 fully saturated rings. The standard InChI is InChI=1S/C57H39N3/c1-57(2)49-27-15-14-25-42(49)54-43(26-16-28-50(54)57)55-48-34-44(37-19-8-4-9-20-37)45(38-21-10-5-11-22-38)35-51(48)58-56(59-55)60-52-30-29-41(36-17-6-3-7-18-36)32-46(52)47-31-39-23-12-13-24-40(39)33-53(47)60/h3-35H,1-2H3. The van der Waals surface area contributed by atoms with Gasteiger partial charge in [-0.05, 0) is 103 Å². The number of hydrogen-bond acceptors (Lipinski definition) is 2. The first-order chi connectivity index (χ1) is 29.5. The SMILES string of the molecule is CC1(C)c2ccccc2-c2c(-c3nc(-n4c5ccc(-c6ccccc6)cc5c5cc6ccccc6cc54)nc4cc(-c5ccccc5)c(-c5ccccc5)cc34)cccc21. The van der Waals surface area contributed by atoms with Crippen LogP contribution in [-0.2, 0) is 5.41 Å². The van der Waals surface area contributed by atoms with E-state index in [2.05, 4.69) is 219 Å². The summed E-state index contributed by atoms with van der Waals surface area (Å²) < 4.78 is 2.29. The predicted molar refractivity (Wildman–Crippen MR) is 251 cm³/mol. The highest BCUT2D eigenvalue weighted by Crippen LogP contribution is 2.53. The van der Waals surface area contributed by atoms with Crippen molar-refractivity contribution in [3.05, 3.63) is 211 Å². The Bertz CT molecular complexity index is 3490. The zero-order chi connectivity index (χ0) is 40.0. The van der Waals surface area contributed by atoms with Gasteiger partial charge < -0.3 is 0 Å². The number of hydrogen-bond donors (Lipinski definition) is 0. The molecular weight excluding hydrogens is 727 g/mol. The Kier molecular flexibility index (Phi) is 7.58. The van der Waals surface area contributed by atoms with Gasteiger partial charge in [0.1, 0.15) is 0 Å². The van der Waals surface area contributed by atoms with Crippen LogP contribution in [0.1, 0.15) is 25.0 Å². The van der Waals surface area contributed by atoms with Gasteiger partial charge in [0.2, 0.25) is 5.95 Å². The highest BCUT2D eigenvalue weighted by Gasteiger charge is 2.37. The third-order valence-electron chi connectivity index (χ3n) is 12.8. The highest BCUT2D eigenvalue weighted by molar-refractivity contribution is 6.14. The maximum absolute atomic E-state index is 5.76. The van der Waals surface area contributed by atoms with Gasteiger partial charge in [0.25, 0.3) is 0 Å². The van der Waals surface area contributed by atoms with Crippen LogP contribution in [0.3, 0.4) is 0 Å². The smallest absolute Gasteiger partial charge is 0.235 e. The first-order valence-corrected chi connectivity index (χ1v) is 20.7. The molecule has 0 saturated heterocycles. The molecule has 12 rings (SSSR count). The number of aromatic nitrogens is 3. The maximum atomic E-state index is 5.76. The lowest BCUT2D eigenvalue weighted by atomic mass is 9.82. The fourth-order valence-electron chi connectivity index (χ4n) is 9.86. The molecule has 0 N–H and O–H groups in total. The Morgan fingerprint density at radius 3 is 1.70 bits per heavy atom. The van der Waals surface area contributed by atoms with Crippen LogP contribution in [0.4, 0.5) is 0 Å². The minimum Gasteiger partial charge on any atom is -0.278 e. The van der Waals surface area contributed by atoms with Gasteiger partial charge in [0.05, 0.1) is 22.2 Å². The van der Waals surface area contributed by atoms with Crippen LogP contribution in [0.25, 0.3) is 105 Å². The summed E-state index contributed by atoms with van der Waals surface area (Å²) in [6.07, 6.45) is 0. The molecular formula is C57H39N3. The van der Waals surface area contributed by atoms with Gasteiger partial charge in [0, 0.05) is 27.1 Å². The third-order valence-corrected chi connectivity index (χ3v) is 12.8. The van der Waals surface area contributed by atoms with Crippen LogP contribution >= 0.6 is 0 Å². The van der Waals surface area contributed by atoms with Gasteiger partial charge in [-0.1, -0.05) is 178 Å². The van der Waals surface area contributed by atoms with Crippen molar-refractivity contribution in [1.82, 2.24) is 14.5 Å². The average molecular weight is 766 g/mol. The minimum atomic E-state index is -0.159. The van der Waals surface area contributed by atoms with E-state index >= 15 is 0 Å². The Hall–Kier alpha value is -7.62. The Balaban J connectivity index is 1.22. The Labute approximate surface area is 348 Å². The fourth-order valence-corrected chi connectivity index (χ4v) is 9.86. The molecule has 9 aromatic carbocycles. The van der Waals surface area contributed by atoms with Crippen molar-refractivity contribution >= 4 is 43.5 Å². The minimum absolute atomic E-state index is 0.159. The molecule has 11 aromatic rings. The van der Waals surface area contributed by atoms with E-state index in [-0.39, 0.29) is 5.41 Å². The van der Waals surface area contributed by atoms with E-state index in [9.17, 15) is 0 Å². The maximum Gasteiger partial charge on any atom is 0.235 e. The molecule has 282 valence electrons. The summed E-state index contributed by atoms with van der Waals surface area (Å²) in [6, 6.07) is 72.5. The summed E-state index contributed by atoms with van der Waals surface area (Å²) in [5.74, 6) is 0.648. The van der Waals surface area contributed by atoms with Crippen LogP contribution in [-0.4, -0.2) is 14.5 Å². The molecule has 1 aliphatic rings. The molecule has 0 spiro atoms. The number of benzene rings is 9. The number of nitrogens with zero attached hydrogens (tertiary/aromatic N) is 3. The average Bonchev–Trinajstić information content (AvgIpc) is 3.75. The summed E-state index contributed by atoms with van der Waals surface area (Å²) >= 11 is 0. The van der Waals surface area contributed by atoms with Gasteiger partial charge in [-0.2, -0.15) is 0 Å². The second-order valence-corrected chi connectivity index (χ2v) is 16.6.